The number of aliphatic hydroxyl groups is 1. The van der Waals surface area contributed by atoms with Crippen LogP contribution in [-0.4, -0.2) is 42.2 Å². The summed E-state index contributed by atoms with van der Waals surface area (Å²) in [4.78, 5) is 14.0. The Balaban J connectivity index is 2.01. The average molecular weight is 278 g/mol. The Kier molecular flexibility index (Phi) is 4.62. The molecule has 0 aromatic heterocycles. The van der Waals surface area contributed by atoms with Crippen LogP contribution in [0, 0.1) is 5.92 Å². The first kappa shape index (κ1) is 14.8. The van der Waals surface area contributed by atoms with Crippen molar-refractivity contribution in [3.05, 3.63) is 29.8 Å². The van der Waals surface area contributed by atoms with Crippen molar-refractivity contribution in [2.75, 3.05) is 14.2 Å². The van der Waals surface area contributed by atoms with Gasteiger partial charge in [0.25, 0.3) is 0 Å². The summed E-state index contributed by atoms with van der Waals surface area (Å²) >= 11 is 0. The van der Waals surface area contributed by atoms with Gasteiger partial charge >= 0.3 is 0 Å². The number of ether oxygens (including phenoxy) is 1. The van der Waals surface area contributed by atoms with Gasteiger partial charge in [0.1, 0.15) is 5.75 Å². The van der Waals surface area contributed by atoms with Crippen LogP contribution in [0.5, 0.6) is 5.75 Å². The summed E-state index contributed by atoms with van der Waals surface area (Å²) in [6.45, 7) is 0.491. The second-order valence-electron chi connectivity index (χ2n) is 5.41. The van der Waals surface area contributed by atoms with Crippen molar-refractivity contribution in [1.29, 1.82) is 0 Å². The molecule has 110 valence electrons. The molecule has 20 heavy (non-hydrogen) atoms. The Bertz CT molecular complexity index is 468. The molecule has 1 aliphatic carbocycles. The number of para-hydroxylation sites is 1. The maximum Gasteiger partial charge on any atom is 0.225 e. The molecule has 5 heteroatoms. The molecule has 0 heterocycles. The summed E-state index contributed by atoms with van der Waals surface area (Å²) in [5.74, 6) is 0.623. The van der Waals surface area contributed by atoms with Gasteiger partial charge < -0.3 is 20.5 Å². The highest BCUT2D eigenvalue weighted by Crippen LogP contribution is 2.27. The van der Waals surface area contributed by atoms with Crippen molar-refractivity contribution in [2.45, 2.75) is 31.5 Å². The Morgan fingerprint density at radius 1 is 1.45 bits per heavy atom. The molecule has 0 radical (unpaired) electrons. The molecule has 1 aromatic carbocycles. The fourth-order valence-electron chi connectivity index (χ4n) is 2.73. The van der Waals surface area contributed by atoms with Crippen LogP contribution in [-0.2, 0) is 11.3 Å². The molecule has 0 bridgehead atoms. The molecule has 0 unspecified atom stereocenters. The van der Waals surface area contributed by atoms with Crippen molar-refractivity contribution in [2.24, 2.45) is 11.7 Å². The lowest BCUT2D eigenvalue weighted by molar-refractivity contribution is -0.134. The topological polar surface area (TPSA) is 75.8 Å². The van der Waals surface area contributed by atoms with Gasteiger partial charge in [-0.15, -0.1) is 0 Å². The van der Waals surface area contributed by atoms with Crippen LogP contribution in [0.25, 0.3) is 0 Å². The SMILES string of the molecule is COc1ccccc1CN(C)C(=O)[C@H]1C[C@H](N)[C@@H](O)C1. The molecule has 0 spiro atoms. The van der Waals surface area contributed by atoms with E-state index < -0.39 is 6.10 Å². The normalized spacial score (nSPS) is 25.5. The van der Waals surface area contributed by atoms with E-state index in [1.165, 1.54) is 0 Å². The summed E-state index contributed by atoms with van der Waals surface area (Å²) in [5, 5.41) is 9.65. The van der Waals surface area contributed by atoms with Crippen LogP contribution < -0.4 is 10.5 Å². The van der Waals surface area contributed by atoms with Gasteiger partial charge in [0.15, 0.2) is 0 Å². The summed E-state index contributed by atoms with van der Waals surface area (Å²) in [6, 6.07) is 7.35. The molecule has 0 aliphatic heterocycles. The van der Waals surface area contributed by atoms with E-state index in [2.05, 4.69) is 0 Å². The van der Waals surface area contributed by atoms with Crippen LogP contribution in [0.1, 0.15) is 18.4 Å². The lowest BCUT2D eigenvalue weighted by Crippen LogP contribution is -2.32. The second-order valence-corrected chi connectivity index (χ2v) is 5.41. The number of carbonyl (C=O) groups excluding carboxylic acids is 1. The molecule has 1 saturated carbocycles. The molecule has 5 nitrogen and oxygen atoms in total. The lowest BCUT2D eigenvalue weighted by Gasteiger charge is -2.22. The van der Waals surface area contributed by atoms with Crippen LogP contribution in [0.4, 0.5) is 0 Å². The van der Waals surface area contributed by atoms with Crippen molar-refractivity contribution in [3.8, 4) is 5.75 Å². The molecule has 1 fully saturated rings. The molecule has 1 aliphatic rings. The number of methoxy groups -OCH3 is 1. The smallest absolute Gasteiger partial charge is 0.225 e. The molecular formula is C15H22N2O3. The fraction of sp³-hybridized carbons (Fsp3) is 0.533. The minimum atomic E-state index is -0.566. The number of aliphatic hydroxyl groups excluding tert-OH is 1. The average Bonchev–Trinajstić information content (AvgIpc) is 2.78. The van der Waals surface area contributed by atoms with E-state index in [-0.39, 0.29) is 17.9 Å². The number of rotatable bonds is 4. The highest BCUT2D eigenvalue weighted by molar-refractivity contribution is 5.79. The Morgan fingerprint density at radius 2 is 2.15 bits per heavy atom. The van der Waals surface area contributed by atoms with Gasteiger partial charge in [-0.25, -0.2) is 0 Å². The highest BCUT2D eigenvalue weighted by Gasteiger charge is 2.36. The second kappa shape index (κ2) is 6.24. The maximum atomic E-state index is 12.4. The van der Waals surface area contributed by atoms with Gasteiger partial charge in [0.2, 0.25) is 5.91 Å². The van der Waals surface area contributed by atoms with Crippen molar-refractivity contribution >= 4 is 5.91 Å². The van der Waals surface area contributed by atoms with Crippen molar-refractivity contribution in [3.63, 3.8) is 0 Å². The van der Waals surface area contributed by atoms with Crippen molar-refractivity contribution < 1.29 is 14.6 Å². The van der Waals surface area contributed by atoms with Gasteiger partial charge in [0.05, 0.1) is 13.2 Å². The van der Waals surface area contributed by atoms with E-state index in [1.54, 1.807) is 19.1 Å². The number of carbonyl (C=O) groups is 1. The van der Waals surface area contributed by atoms with Crippen molar-refractivity contribution in [1.82, 2.24) is 4.90 Å². The maximum absolute atomic E-state index is 12.4. The van der Waals surface area contributed by atoms with E-state index in [0.29, 0.717) is 19.4 Å². The van der Waals surface area contributed by atoms with E-state index in [9.17, 15) is 9.90 Å². The van der Waals surface area contributed by atoms with E-state index in [1.807, 2.05) is 24.3 Å². The fourth-order valence-corrected chi connectivity index (χ4v) is 2.73. The van der Waals surface area contributed by atoms with Gasteiger partial charge in [0, 0.05) is 31.1 Å². The Labute approximate surface area is 119 Å². The summed E-state index contributed by atoms with van der Waals surface area (Å²) < 4.78 is 5.29. The third kappa shape index (κ3) is 3.11. The number of hydrogen-bond acceptors (Lipinski definition) is 4. The lowest BCUT2D eigenvalue weighted by atomic mass is 10.1. The molecule has 0 saturated heterocycles. The quantitative estimate of drug-likeness (QED) is 0.852. The first-order valence-electron chi connectivity index (χ1n) is 6.83. The van der Waals surface area contributed by atoms with Crippen LogP contribution in [0.3, 0.4) is 0 Å². The summed E-state index contributed by atoms with van der Waals surface area (Å²) in [7, 11) is 3.39. The standard InChI is InChI=1S/C15H22N2O3/c1-17(9-10-5-3-4-6-14(10)20-2)15(19)11-7-12(16)13(18)8-11/h3-6,11-13,18H,7-9,16H2,1-2H3/t11-,12-,13-/m0/s1. The number of hydrogen-bond donors (Lipinski definition) is 2. The first-order valence-corrected chi connectivity index (χ1v) is 6.83. The zero-order chi connectivity index (χ0) is 14.7. The largest absolute Gasteiger partial charge is 0.496 e. The predicted octanol–water partition coefficient (Wildman–Crippen LogP) is 0.752. The Hall–Kier alpha value is -1.59. The number of benzene rings is 1. The van der Waals surface area contributed by atoms with Crippen LogP contribution in [0.15, 0.2) is 24.3 Å². The minimum absolute atomic E-state index is 0.0305. The first-order chi connectivity index (χ1) is 9.52. The zero-order valence-electron chi connectivity index (χ0n) is 12.0. The van der Waals surface area contributed by atoms with Gasteiger partial charge in [-0.1, -0.05) is 18.2 Å². The van der Waals surface area contributed by atoms with Crippen LogP contribution in [0.2, 0.25) is 0 Å². The molecular weight excluding hydrogens is 256 g/mol. The number of nitrogens with zero attached hydrogens (tertiary/aromatic N) is 1. The Morgan fingerprint density at radius 3 is 2.75 bits per heavy atom. The molecule has 3 atom stereocenters. The number of amides is 1. The summed E-state index contributed by atoms with van der Waals surface area (Å²) in [5.41, 5.74) is 6.73. The van der Waals surface area contributed by atoms with E-state index in [0.717, 1.165) is 11.3 Å². The predicted molar refractivity (Wildman–Crippen MR) is 76.2 cm³/mol. The van der Waals surface area contributed by atoms with Crippen LogP contribution >= 0.6 is 0 Å². The monoisotopic (exact) mass is 278 g/mol. The molecule has 2 rings (SSSR count). The van der Waals surface area contributed by atoms with Gasteiger partial charge in [-0.2, -0.15) is 0 Å². The van der Waals surface area contributed by atoms with E-state index in [4.69, 9.17) is 10.5 Å². The summed E-state index contributed by atoms with van der Waals surface area (Å²) in [6.07, 6.45) is 0.440. The minimum Gasteiger partial charge on any atom is -0.496 e. The molecule has 3 N–H and O–H groups in total. The molecule has 1 aromatic rings. The highest BCUT2D eigenvalue weighted by atomic mass is 16.5. The molecule has 1 amide bonds. The zero-order valence-corrected chi connectivity index (χ0v) is 12.0. The number of nitrogens with two attached hydrogens (primary N) is 1. The third-order valence-electron chi connectivity index (χ3n) is 3.90. The van der Waals surface area contributed by atoms with Gasteiger partial charge in [-0.05, 0) is 18.9 Å². The third-order valence-corrected chi connectivity index (χ3v) is 3.90. The van der Waals surface area contributed by atoms with E-state index >= 15 is 0 Å². The van der Waals surface area contributed by atoms with Gasteiger partial charge in [-0.3, -0.25) is 4.79 Å².